The molecule has 0 radical (unpaired) electrons. The highest BCUT2D eigenvalue weighted by molar-refractivity contribution is 5.96. The van der Waals surface area contributed by atoms with Crippen molar-refractivity contribution in [2.24, 2.45) is 0 Å². The number of benzene rings is 2. The molecule has 0 atom stereocenters. The maximum atomic E-state index is 6.33. The quantitative estimate of drug-likeness (QED) is 0.774. The van der Waals surface area contributed by atoms with E-state index in [1.54, 1.807) is 6.33 Å². The van der Waals surface area contributed by atoms with Gasteiger partial charge in [-0.1, -0.05) is 36.4 Å². The van der Waals surface area contributed by atoms with Crippen molar-refractivity contribution in [1.82, 2.24) is 9.97 Å². The summed E-state index contributed by atoms with van der Waals surface area (Å²) in [5.41, 5.74) is 7.94. The molecular weight excluding hydrogens is 286 g/mol. The van der Waals surface area contributed by atoms with Crippen molar-refractivity contribution < 1.29 is 0 Å². The largest absolute Gasteiger partial charge is 0.393 e. The first-order valence-electron chi connectivity index (χ1n) is 7.93. The number of anilines is 4. The molecule has 2 aromatic carbocycles. The van der Waals surface area contributed by atoms with Crippen molar-refractivity contribution in [2.45, 2.75) is 12.8 Å². The van der Waals surface area contributed by atoms with Crippen LogP contribution in [0.25, 0.3) is 10.8 Å². The smallest absolute Gasteiger partial charge is 0.159 e. The Hall–Kier alpha value is -2.82. The van der Waals surface area contributed by atoms with Crippen LogP contribution in [-0.2, 0) is 0 Å². The van der Waals surface area contributed by atoms with Crippen molar-refractivity contribution >= 4 is 33.8 Å². The van der Waals surface area contributed by atoms with Crippen molar-refractivity contribution in [2.75, 3.05) is 29.0 Å². The summed E-state index contributed by atoms with van der Waals surface area (Å²) in [6, 6.07) is 14.4. The molecule has 23 heavy (non-hydrogen) atoms. The van der Waals surface area contributed by atoms with Crippen LogP contribution in [0.1, 0.15) is 12.8 Å². The minimum Gasteiger partial charge on any atom is -0.393 e. The van der Waals surface area contributed by atoms with E-state index in [9.17, 15) is 0 Å². The summed E-state index contributed by atoms with van der Waals surface area (Å²) in [5.74, 6) is 1.50. The van der Waals surface area contributed by atoms with Gasteiger partial charge in [-0.2, -0.15) is 0 Å². The van der Waals surface area contributed by atoms with E-state index in [1.807, 2.05) is 24.3 Å². The van der Waals surface area contributed by atoms with Crippen LogP contribution < -0.4 is 16.0 Å². The Labute approximate surface area is 135 Å². The van der Waals surface area contributed by atoms with E-state index in [1.165, 1.54) is 18.2 Å². The van der Waals surface area contributed by atoms with E-state index in [-0.39, 0.29) is 0 Å². The zero-order valence-corrected chi connectivity index (χ0v) is 12.9. The fourth-order valence-corrected chi connectivity index (χ4v) is 3.13. The third kappa shape index (κ3) is 2.54. The van der Waals surface area contributed by atoms with Crippen molar-refractivity contribution in [3.63, 3.8) is 0 Å². The van der Waals surface area contributed by atoms with Gasteiger partial charge in [-0.25, -0.2) is 9.97 Å². The van der Waals surface area contributed by atoms with Gasteiger partial charge in [0.2, 0.25) is 0 Å². The molecule has 4 rings (SSSR count). The van der Waals surface area contributed by atoms with Crippen molar-refractivity contribution in [3.05, 3.63) is 48.8 Å². The van der Waals surface area contributed by atoms with E-state index in [4.69, 9.17) is 5.73 Å². The minimum atomic E-state index is 0.613. The Morgan fingerprint density at radius 3 is 2.61 bits per heavy atom. The lowest BCUT2D eigenvalue weighted by Gasteiger charge is -2.20. The first-order valence-corrected chi connectivity index (χ1v) is 7.93. The van der Waals surface area contributed by atoms with Gasteiger partial charge >= 0.3 is 0 Å². The van der Waals surface area contributed by atoms with E-state index in [0.29, 0.717) is 11.5 Å². The molecule has 3 N–H and O–H groups in total. The molecule has 2 heterocycles. The Kier molecular flexibility index (Phi) is 3.46. The second-order valence-corrected chi connectivity index (χ2v) is 5.81. The lowest BCUT2D eigenvalue weighted by molar-refractivity contribution is 0.931. The molecule has 3 aromatic rings. The molecule has 1 aromatic heterocycles. The molecule has 0 saturated carbocycles. The molecule has 0 spiro atoms. The number of fused-ring (bicyclic) bond motifs is 1. The second kappa shape index (κ2) is 5.76. The Bertz CT molecular complexity index is 834. The highest BCUT2D eigenvalue weighted by Gasteiger charge is 2.18. The van der Waals surface area contributed by atoms with Gasteiger partial charge in [-0.05, 0) is 24.3 Å². The molecule has 1 saturated heterocycles. The Morgan fingerprint density at radius 2 is 1.74 bits per heavy atom. The number of hydrogen-bond acceptors (Lipinski definition) is 5. The van der Waals surface area contributed by atoms with Crippen LogP contribution >= 0.6 is 0 Å². The maximum Gasteiger partial charge on any atom is 0.159 e. The second-order valence-electron chi connectivity index (χ2n) is 5.81. The number of aromatic nitrogens is 2. The molecule has 0 amide bonds. The summed E-state index contributed by atoms with van der Waals surface area (Å²) in [6.07, 6.45) is 3.96. The predicted octanol–water partition coefficient (Wildman–Crippen LogP) is 3.56. The number of nitrogens with two attached hydrogens (primary N) is 1. The monoisotopic (exact) mass is 305 g/mol. The van der Waals surface area contributed by atoms with Crippen molar-refractivity contribution in [3.8, 4) is 0 Å². The molecule has 116 valence electrons. The first kappa shape index (κ1) is 13.8. The van der Waals surface area contributed by atoms with Crippen LogP contribution in [0.5, 0.6) is 0 Å². The van der Waals surface area contributed by atoms with Gasteiger partial charge in [0.15, 0.2) is 11.6 Å². The standard InChI is InChI=1S/C18H19N5/c19-16-17(20-12-21-18(16)23-10-3-4-11-23)22-15-9-5-7-13-6-1-2-8-14(13)15/h1-2,5-9,12H,3-4,10-11,19H2,(H,20,21,22). The highest BCUT2D eigenvalue weighted by Crippen LogP contribution is 2.32. The summed E-state index contributed by atoms with van der Waals surface area (Å²) >= 11 is 0. The van der Waals surface area contributed by atoms with Gasteiger partial charge in [0.05, 0.1) is 0 Å². The SMILES string of the molecule is Nc1c(Nc2cccc3ccccc23)ncnc1N1CCCC1. The number of rotatable bonds is 3. The number of nitrogens with zero attached hydrogens (tertiary/aromatic N) is 3. The molecule has 0 aliphatic carbocycles. The Balaban J connectivity index is 1.72. The molecule has 0 bridgehead atoms. The fourth-order valence-electron chi connectivity index (χ4n) is 3.13. The topological polar surface area (TPSA) is 67.1 Å². The fraction of sp³-hybridized carbons (Fsp3) is 0.222. The molecule has 1 aliphatic rings. The first-order chi connectivity index (χ1) is 11.3. The minimum absolute atomic E-state index is 0.613. The summed E-state index contributed by atoms with van der Waals surface area (Å²) in [7, 11) is 0. The van der Waals surface area contributed by atoms with Crippen LogP contribution in [0, 0.1) is 0 Å². The van der Waals surface area contributed by atoms with Crippen molar-refractivity contribution in [1.29, 1.82) is 0 Å². The van der Waals surface area contributed by atoms with E-state index >= 15 is 0 Å². The predicted molar refractivity (Wildman–Crippen MR) is 95.1 cm³/mol. The summed E-state index contributed by atoms with van der Waals surface area (Å²) in [6.45, 7) is 2.02. The van der Waals surface area contributed by atoms with Crippen LogP contribution in [0.4, 0.5) is 23.0 Å². The van der Waals surface area contributed by atoms with E-state index in [0.717, 1.165) is 30.0 Å². The molecule has 0 unspecified atom stereocenters. The van der Waals surface area contributed by atoms with Gasteiger partial charge in [0, 0.05) is 24.2 Å². The van der Waals surface area contributed by atoms with Gasteiger partial charge in [0.1, 0.15) is 12.0 Å². The third-order valence-corrected chi connectivity index (χ3v) is 4.31. The average Bonchev–Trinajstić information content (AvgIpc) is 3.11. The lowest BCUT2D eigenvalue weighted by atomic mass is 10.1. The van der Waals surface area contributed by atoms with E-state index < -0.39 is 0 Å². The third-order valence-electron chi connectivity index (χ3n) is 4.31. The Morgan fingerprint density at radius 1 is 0.957 bits per heavy atom. The van der Waals surface area contributed by atoms with Crippen LogP contribution in [0.3, 0.4) is 0 Å². The number of hydrogen-bond donors (Lipinski definition) is 2. The van der Waals surface area contributed by atoms with Crippen LogP contribution in [0.15, 0.2) is 48.8 Å². The van der Waals surface area contributed by atoms with E-state index in [2.05, 4.69) is 38.4 Å². The summed E-state index contributed by atoms with van der Waals surface area (Å²) in [4.78, 5) is 10.9. The maximum absolute atomic E-state index is 6.33. The molecular formula is C18H19N5. The zero-order valence-electron chi connectivity index (χ0n) is 12.9. The molecule has 1 fully saturated rings. The number of nitrogens with one attached hydrogen (secondary N) is 1. The molecule has 1 aliphatic heterocycles. The van der Waals surface area contributed by atoms with Gasteiger partial charge in [0.25, 0.3) is 0 Å². The van der Waals surface area contributed by atoms with Gasteiger partial charge < -0.3 is 16.0 Å². The number of nitrogen functional groups attached to an aromatic ring is 1. The molecule has 5 nitrogen and oxygen atoms in total. The normalized spacial score (nSPS) is 14.3. The average molecular weight is 305 g/mol. The van der Waals surface area contributed by atoms with Gasteiger partial charge in [-0.3, -0.25) is 0 Å². The summed E-state index contributed by atoms with van der Waals surface area (Å²) in [5, 5.41) is 5.71. The summed E-state index contributed by atoms with van der Waals surface area (Å²) < 4.78 is 0. The highest BCUT2D eigenvalue weighted by atomic mass is 15.2. The van der Waals surface area contributed by atoms with Gasteiger partial charge in [-0.15, -0.1) is 0 Å². The molecule has 5 heteroatoms. The zero-order chi connectivity index (χ0) is 15.6. The lowest BCUT2D eigenvalue weighted by Crippen LogP contribution is -2.21. The van der Waals surface area contributed by atoms with Crippen LogP contribution in [-0.4, -0.2) is 23.1 Å². The van der Waals surface area contributed by atoms with Crippen LogP contribution in [0.2, 0.25) is 0 Å².